The van der Waals surface area contributed by atoms with Crippen LogP contribution in [0.1, 0.15) is 20.3 Å². The minimum Gasteiger partial charge on any atom is -0.369 e. The van der Waals surface area contributed by atoms with Gasteiger partial charge in [-0.05, 0) is 19.4 Å². The van der Waals surface area contributed by atoms with E-state index < -0.39 is 5.91 Å². The Morgan fingerprint density at radius 1 is 1.50 bits per heavy atom. The molecular weight excluding hydrogens is 197 g/mol. The van der Waals surface area contributed by atoms with Gasteiger partial charge in [0.05, 0.1) is 6.42 Å². The van der Waals surface area contributed by atoms with Gasteiger partial charge in [0.25, 0.3) is 0 Å². The van der Waals surface area contributed by atoms with E-state index in [1.165, 1.54) is 0 Å². The predicted octanol–water partition coefficient (Wildman–Crippen LogP) is 2.52. The second kappa shape index (κ2) is 5.22. The summed E-state index contributed by atoms with van der Waals surface area (Å²) in [5.74, 6) is -0.440. The van der Waals surface area contributed by atoms with Gasteiger partial charge >= 0.3 is 0 Å². The van der Waals surface area contributed by atoms with Crippen molar-refractivity contribution in [3.8, 4) is 0 Å². The first-order valence-electron chi connectivity index (χ1n) is 3.44. The van der Waals surface area contributed by atoms with Crippen LogP contribution in [-0.4, -0.2) is 5.91 Å². The van der Waals surface area contributed by atoms with Crippen LogP contribution in [0.2, 0.25) is 0 Å². The summed E-state index contributed by atoms with van der Waals surface area (Å²) < 4.78 is 0. The number of amides is 1. The van der Waals surface area contributed by atoms with E-state index in [9.17, 15) is 4.79 Å². The van der Waals surface area contributed by atoms with Crippen molar-refractivity contribution in [2.45, 2.75) is 20.3 Å². The topological polar surface area (TPSA) is 43.1 Å². The van der Waals surface area contributed by atoms with Gasteiger partial charge in [-0.25, -0.2) is 0 Å². The van der Waals surface area contributed by atoms with Crippen molar-refractivity contribution in [2.24, 2.45) is 5.73 Å². The van der Waals surface area contributed by atoms with Crippen LogP contribution >= 0.6 is 23.2 Å². The molecule has 0 aromatic heterocycles. The van der Waals surface area contributed by atoms with Crippen LogP contribution < -0.4 is 5.73 Å². The first-order chi connectivity index (χ1) is 5.49. The highest BCUT2D eigenvalue weighted by molar-refractivity contribution is 6.35. The van der Waals surface area contributed by atoms with E-state index in [1.807, 2.05) is 0 Å². The number of carbonyl (C=O) groups is 1. The molecule has 0 radical (unpaired) electrons. The zero-order valence-electron chi connectivity index (χ0n) is 7.03. The van der Waals surface area contributed by atoms with Crippen molar-refractivity contribution in [3.05, 3.63) is 21.7 Å². The highest BCUT2D eigenvalue weighted by atomic mass is 35.5. The maximum Gasteiger partial charge on any atom is 0.221 e. The lowest BCUT2D eigenvalue weighted by molar-refractivity contribution is -0.117. The van der Waals surface area contributed by atoms with Crippen molar-refractivity contribution in [1.29, 1.82) is 0 Å². The largest absolute Gasteiger partial charge is 0.369 e. The number of halogens is 2. The fraction of sp³-hybridized carbons (Fsp3) is 0.375. The average molecular weight is 208 g/mol. The first kappa shape index (κ1) is 11.5. The Hall–Kier alpha value is -0.470. The van der Waals surface area contributed by atoms with E-state index in [-0.39, 0.29) is 6.42 Å². The van der Waals surface area contributed by atoms with Crippen LogP contribution in [-0.2, 0) is 4.79 Å². The van der Waals surface area contributed by atoms with Gasteiger partial charge in [0.15, 0.2) is 0 Å². The molecule has 1 amide bonds. The smallest absolute Gasteiger partial charge is 0.221 e. The molecule has 0 saturated heterocycles. The normalized spacial score (nSPS) is 14.2. The zero-order chi connectivity index (χ0) is 9.72. The average Bonchev–Trinajstić information content (AvgIpc) is 1.98. The summed E-state index contributed by atoms with van der Waals surface area (Å²) in [6.45, 7) is 3.44. The summed E-state index contributed by atoms with van der Waals surface area (Å²) in [5.41, 5.74) is 5.60. The van der Waals surface area contributed by atoms with Crippen LogP contribution in [0.3, 0.4) is 0 Å². The van der Waals surface area contributed by atoms with Crippen LogP contribution in [0.5, 0.6) is 0 Å². The van der Waals surface area contributed by atoms with Crippen LogP contribution in [0.25, 0.3) is 0 Å². The molecule has 68 valence electrons. The first-order valence-corrected chi connectivity index (χ1v) is 4.20. The third-order valence-corrected chi connectivity index (χ3v) is 1.98. The summed E-state index contributed by atoms with van der Waals surface area (Å²) in [7, 11) is 0. The molecule has 2 N–H and O–H groups in total. The molecule has 2 nitrogen and oxygen atoms in total. The van der Waals surface area contributed by atoms with Gasteiger partial charge < -0.3 is 5.73 Å². The van der Waals surface area contributed by atoms with Crippen molar-refractivity contribution in [1.82, 2.24) is 0 Å². The van der Waals surface area contributed by atoms with Crippen molar-refractivity contribution in [3.63, 3.8) is 0 Å². The molecule has 0 aromatic carbocycles. The number of hydrogen-bond acceptors (Lipinski definition) is 1. The summed E-state index contributed by atoms with van der Waals surface area (Å²) in [5, 5.41) is 0.971. The molecule has 0 bridgehead atoms. The molecule has 0 unspecified atom stereocenters. The molecule has 0 saturated carbocycles. The highest BCUT2D eigenvalue weighted by Crippen LogP contribution is 2.23. The Balaban J connectivity index is 4.71. The second-order valence-corrected chi connectivity index (χ2v) is 3.27. The summed E-state index contributed by atoms with van der Waals surface area (Å²) in [6, 6.07) is 0. The van der Waals surface area contributed by atoms with Gasteiger partial charge in [-0.1, -0.05) is 29.3 Å². The quantitative estimate of drug-likeness (QED) is 0.711. The Labute approximate surface area is 82.0 Å². The van der Waals surface area contributed by atoms with Crippen LogP contribution in [0.4, 0.5) is 0 Å². The lowest BCUT2D eigenvalue weighted by atomic mass is 10.1. The number of carbonyl (C=O) groups excluding carboxylic acids is 1. The zero-order valence-corrected chi connectivity index (χ0v) is 8.54. The molecule has 0 atom stereocenters. The Morgan fingerprint density at radius 2 is 2.00 bits per heavy atom. The molecule has 4 heteroatoms. The van der Waals surface area contributed by atoms with Gasteiger partial charge in [0.1, 0.15) is 0 Å². The third-order valence-electron chi connectivity index (χ3n) is 1.31. The van der Waals surface area contributed by atoms with Gasteiger partial charge in [-0.15, -0.1) is 0 Å². The van der Waals surface area contributed by atoms with Gasteiger partial charge in [0, 0.05) is 10.1 Å². The molecule has 0 rings (SSSR count). The van der Waals surface area contributed by atoms with E-state index in [2.05, 4.69) is 0 Å². The minimum atomic E-state index is -0.440. The number of nitrogens with two attached hydrogens (primary N) is 1. The number of hydrogen-bond donors (Lipinski definition) is 1. The molecule has 0 aliphatic heterocycles. The van der Waals surface area contributed by atoms with Crippen molar-refractivity contribution < 1.29 is 4.79 Å². The molecule has 0 heterocycles. The lowest BCUT2D eigenvalue weighted by Crippen LogP contribution is -2.11. The highest BCUT2D eigenvalue weighted by Gasteiger charge is 2.08. The van der Waals surface area contributed by atoms with Crippen molar-refractivity contribution >= 4 is 29.1 Å². The Bertz CT molecular complexity index is 239. The molecule has 0 spiro atoms. The van der Waals surface area contributed by atoms with Gasteiger partial charge in [-0.3, -0.25) is 4.79 Å². The maximum absolute atomic E-state index is 10.6. The molecular formula is C8H11Cl2NO. The standard InChI is InChI=1S/C8H11Cl2NO/c1-3-7(10)6(5(2)9)4-8(11)12/h3H,4H2,1-2H3,(H2,11,12). The second-order valence-electron chi connectivity index (χ2n) is 2.29. The van der Waals surface area contributed by atoms with Crippen LogP contribution in [0, 0.1) is 0 Å². The Kier molecular flexibility index (Phi) is 5.02. The summed E-state index contributed by atoms with van der Waals surface area (Å²) in [4.78, 5) is 10.6. The minimum absolute atomic E-state index is 0.0819. The number of rotatable bonds is 3. The molecule has 0 aliphatic carbocycles. The van der Waals surface area contributed by atoms with Crippen molar-refractivity contribution in [2.75, 3.05) is 0 Å². The van der Waals surface area contributed by atoms with E-state index in [1.54, 1.807) is 19.9 Å². The maximum atomic E-state index is 10.6. The predicted molar refractivity (Wildman–Crippen MR) is 52.0 cm³/mol. The fourth-order valence-corrected chi connectivity index (χ4v) is 1.14. The number of allylic oxidation sites excluding steroid dienone is 3. The molecule has 0 aromatic rings. The molecule has 12 heavy (non-hydrogen) atoms. The fourth-order valence-electron chi connectivity index (χ4n) is 0.719. The van der Waals surface area contributed by atoms with Crippen LogP contribution in [0.15, 0.2) is 21.7 Å². The summed E-state index contributed by atoms with van der Waals surface area (Å²) >= 11 is 11.5. The van der Waals surface area contributed by atoms with E-state index in [0.29, 0.717) is 15.6 Å². The van der Waals surface area contributed by atoms with Gasteiger partial charge in [0.2, 0.25) is 5.91 Å². The monoisotopic (exact) mass is 207 g/mol. The number of primary amides is 1. The third kappa shape index (κ3) is 3.79. The van der Waals surface area contributed by atoms with Gasteiger partial charge in [-0.2, -0.15) is 0 Å². The molecule has 0 aliphatic rings. The van der Waals surface area contributed by atoms with E-state index in [0.717, 1.165) is 0 Å². The SMILES string of the molecule is CC=C(Cl)C(CC(N)=O)=C(C)Cl. The lowest BCUT2D eigenvalue weighted by Gasteiger charge is -2.03. The molecule has 0 fully saturated rings. The summed E-state index contributed by atoms with van der Waals surface area (Å²) in [6.07, 6.45) is 1.75. The Morgan fingerprint density at radius 3 is 2.25 bits per heavy atom. The van der Waals surface area contributed by atoms with E-state index >= 15 is 0 Å². The van der Waals surface area contributed by atoms with E-state index in [4.69, 9.17) is 28.9 Å².